The van der Waals surface area contributed by atoms with E-state index in [1.807, 2.05) is 30.3 Å². The molecule has 0 radical (unpaired) electrons. The van der Waals surface area contributed by atoms with E-state index in [0.29, 0.717) is 5.69 Å². The molecule has 192 valence electrons. The molecule has 0 bridgehead atoms. The van der Waals surface area contributed by atoms with Crippen molar-refractivity contribution in [3.05, 3.63) is 82.8 Å². The van der Waals surface area contributed by atoms with Crippen LogP contribution in [0.4, 0.5) is 15.8 Å². The molecular formula is C25H23ClFN5O4S. The number of halogens is 2. The number of nitrogens with zero attached hydrogens (tertiary/aromatic N) is 3. The van der Waals surface area contributed by atoms with Gasteiger partial charge in [-0.1, -0.05) is 41.9 Å². The number of amides is 2. The van der Waals surface area contributed by atoms with Crippen molar-refractivity contribution in [3.8, 4) is 0 Å². The monoisotopic (exact) mass is 543 g/mol. The summed E-state index contributed by atoms with van der Waals surface area (Å²) >= 11 is 6.49. The normalized spacial score (nSPS) is 17.0. The van der Waals surface area contributed by atoms with Gasteiger partial charge in [-0.25, -0.2) is 22.9 Å². The smallest absolute Gasteiger partial charge is 0.258 e. The Labute approximate surface area is 218 Å². The molecule has 5 rings (SSSR count). The average molecular weight is 544 g/mol. The number of hydrogen-bond acceptors (Lipinski definition) is 6. The number of carbonyl (C=O) groups excluding carboxylic acids is 2. The van der Waals surface area contributed by atoms with Gasteiger partial charge in [-0.05, 0) is 42.7 Å². The first-order chi connectivity index (χ1) is 17.6. The maximum absolute atomic E-state index is 13.6. The lowest BCUT2D eigenvalue weighted by Crippen LogP contribution is -2.52. The van der Waals surface area contributed by atoms with Crippen molar-refractivity contribution < 1.29 is 22.4 Å². The molecule has 3 N–H and O–H groups in total. The van der Waals surface area contributed by atoms with Crippen molar-refractivity contribution in [1.82, 2.24) is 9.88 Å². The van der Waals surface area contributed by atoms with Gasteiger partial charge in [0.05, 0.1) is 16.8 Å². The number of hydrogen-bond donors (Lipinski definition) is 2. The van der Waals surface area contributed by atoms with Gasteiger partial charge in [0, 0.05) is 25.0 Å². The van der Waals surface area contributed by atoms with E-state index in [1.54, 1.807) is 0 Å². The third-order valence-corrected chi connectivity index (χ3v) is 7.90. The van der Waals surface area contributed by atoms with Crippen LogP contribution in [0, 0.1) is 5.82 Å². The molecule has 2 amide bonds. The largest absolute Gasteiger partial charge is 0.374 e. The third kappa shape index (κ3) is 4.89. The fourth-order valence-electron chi connectivity index (χ4n) is 4.47. The minimum atomic E-state index is -4.27. The summed E-state index contributed by atoms with van der Waals surface area (Å²) in [5, 5.41) is 7.78. The second-order valence-electron chi connectivity index (χ2n) is 9.03. The molecule has 2 fully saturated rings. The molecule has 0 atom stereocenters. The number of nitrogens with one attached hydrogen (secondary N) is 1. The number of rotatable bonds is 6. The first kappa shape index (κ1) is 25.1. The first-order valence-electron chi connectivity index (χ1n) is 11.5. The molecule has 1 aliphatic heterocycles. The molecule has 1 aromatic heterocycles. The number of pyridine rings is 1. The number of anilines is 2. The van der Waals surface area contributed by atoms with Crippen molar-refractivity contribution in [2.75, 3.05) is 29.9 Å². The Morgan fingerprint density at radius 1 is 1.08 bits per heavy atom. The van der Waals surface area contributed by atoms with Crippen LogP contribution in [-0.4, -0.2) is 49.8 Å². The van der Waals surface area contributed by atoms with Crippen LogP contribution in [0.5, 0.6) is 0 Å². The Hall–Kier alpha value is -3.54. The molecule has 9 nitrogen and oxygen atoms in total. The van der Waals surface area contributed by atoms with E-state index in [4.69, 9.17) is 16.7 Å². The van der Waals surface area contributed by atoms with E-state index in [0.717, 1.165) is 24.6 Å². The summed E-state index contributed by atoms with van der Waals surface area (Å²) in [6.45, 7) is 0.164. The van der Waals surface area contributed by atoms with Crippen molar-refractivity contribution >= 4 is 44.8 Å². The Morgan fingerprint density at radius 2 is 1.76 bits per heavy atom. The molecule has 2 aliphatic rings. The summed E-state index contributed by atoms with van der Waals surface area (Å²) in [7, 11) is -4.27. The van der Waals surface area contributed by atoms with Gasteiger partial charge in [0.25, 0.3) is 15.9 Å². The molecule has 1 aliphatic carbocycles. The van der Waals surface area contributed by atoms with E-state index in [9.17, 15) is 22.4 Å². The average Bonchev–Trinajstić information content (AvgIpc) is 3.66. The van der Waals surface area contributed by atoms with Gasteiger partial charge in [0.15, 0.2) is 5.03 Å². The fourth-order valence-corrected chi connectivity index (χ4v) is 5.54. The maximum Gasteiger partial charge on any atom is 0.258 e. The summed E-state index contributed by atoms with van der Waals surface area (Å²) in [6, 6.07) is 15.1. The second kappa shape index (κ2) is 9.40. The van der Waals surface area contributed by atoms with Crippen molar-refractivity contribution in [2.45, 2.75) is 23.4 Å². The second-order valence-corrected chi connectivity index (χ2v) is 10.9. The quantitative estimate of drug-likeness (QED) is 0.492. The van der Waals surface area contributed by atoms with Crippen LogP contribution in [0.3, 0.4) is 0 Å². The highest BCUT2D eigenvalue weighted by Gasteiger charge is 2.46. The number of sulfonamides is 1. The van der Waals surface area contributed by atoms with Crippen LogP contribution >= 0.6 is 11.6 Å². The van der Waals surface area contributed by atoms with E-state index >= 15 is 0 Å². The number of carbonyl (C=O) groups is 2. The molecule has 2 heterocycles. The topological polar surface area (TPSA) is 126 Å². The molecule has 37 heavy (non-hydrogen) atoms. The SMILES string of the molecule is NS(=O)(=O)c1ncc(C(=O)N2CCN(c3ccc(F)cc3)C(=O)C2)c(NC2(c3ccccc3)CC2)c1Cl. The highest BCUT2D eigenvalue weighted by atomic mass is 35.5. The zero-order chi connectivity index (χ0) is 26.4. The molecule has 12 heteroatoms. The van der Waals surface area contributed by atoms with E-state index < -0.39 is 32.3 Å². The van der Waals surface area contributed by atoms with E-state index in [1.165, 1.54) is 34.1 Å². The lowest BCUT2D eigenvalue weighted by atomic mass is 10.0. The summed E-state index contributed by atoms with van der Waals surface area (Å²) in [4.78, 5) is 33.2. The number of piperazine rings is 1. The summed E-state index contributed by atoms with van der Waals surface area (Å²) < 4.78 is 37.5. The maximum atomic E-state index is 13.6. The number of aromatic nitrogens is 1. The Balaban J connectivity index is 1.46. The van der Waals surface area contributed by atoms with Crippen LogP contribution in [0.25, 0.3) is 0 Å². The van der Waals surface area contributed by atoms with Gasteiger partial charge in [0.2, 0.25) is 5.91 Å². The van der Waals surface area contributed by atoms with Crippen LogP contribution in [-0.2, 0) is 20.4 Å². The number of benzene rings is 2. The Bertz CT molecular complexity index is 1480. The van der Waals surface area contributed by atoms with Gasteiger partial charge in [-0.15, -0.1) is 0 Å². The minimum Gasteiger partial charge on any atom is -0.374 e. The molecule has 0 spiro atoms. The summed E-state index contributed by atoms with van der Waals surface area (Å²) in [5.74, 6) is -1.29. The lowest BCUT2D eigenvalue weighted by molar-refractivity contribution is -0.120. The zero-order valence-corrected chi connectivity index (χ0v) is 21.1. The molecular weight excluding hydrogens is 521 g/mol. The van der Waals surface area contributed by atoms with Crippen LogP contribution in [0.2, 0.25) is 5.02 Å². The third-order valence-electron chi connectivity index (χ3n) is 6.57. The predicted molar refractivity (Wildman–Crippen MR) is 136 cm³/mol. The predicted octanol–water partition coefficient (Wildman–Crippen LogP) is 3.11. The molecule has 0 unspecified atom stereocenters. The van der Waals surface area contributed by atoms with Gasteiger partial charge in [0.1, 0.15) is 17.4 Å². The van der Waals surface area contributed by atoms with Gasteiger partial charge in [-0.2, -0.15) is 0 Å². The Morgan fingerprint density at radius 3 is 2.35 bits per heavy atom. The van der Waals surface area contributed by atoms with Crippen LogP contribution in [0.1, 0.15) is 28.8 Å². The molecule has 3 aromatic rings. The molecule has 1 saturated carbocycles. The van der Waals surface area contributed by atoms with Crippen molar-refractivity contribution in [3.63, 3.8) is 0 Å². The minimum absolute atomic E-state index is 0.0302. The molecule has 1 saturated heterocycles. The van der Waals surface area contributed by atoms with Crippen molar-refractivity contribution in [2.24, 2.45) is 5.14 Å². The van der Waals surface area contributed by atoms with Gasteiger partial charge >= 0.3 is 0 Å². The van der Waals surface area contributed by atoms with Crippen LogP contribution < -0.4 is 15.4 Å². The highest BCUT2D eigenvalue weighted by molar-refractivity contribution is 7.89. The Kier molecular flexibility index (Phi) is 6.38. The van der Waals surface area contributed by atoms with E-state index in [-0.39, 0.29) is 41.8 Å². The van der Waals surface area contributed by atoms with Crippen molar-refractivity contribution in [1.29, 1.82) is 0 Å². The van der Waals surface area contributed by atoms with Crippen LogP contribution in [0.15, 0.2) is 65.8 Å². The summed E-state index contributed by atoms with van der Waals surface area (Å²) in [5.41, 5.74) is 1.08. The highest BCUT2D eigenvalue weighted by Crippen LogP contribution is 2.50. The zero-order valence-electron chi connectivity index (χ0n) is 19.5. The van der Waals surface area contributed by atoms with E-state index in [2.05, 4.69) is 10.3 Å². The summed E-state index contributed by atoms with van der Waals surface area (Å²) in [6.07, 6.45) is 2.60. The standard InChI is InChI=1S/C25H23ClFN5O4S/c26-21-22(30-25(10-11-25)16-4-2-1-3-5-16)19(14-29-23(21)37(28,35)36)24(34)31-12-13-32(20(33)15-31)18-8-6-17(27)7-9-18/h1-9,14H,10-13,15H2,(H,29,30)(H2,28,35,36). The first-order valence-corrected chi connectivity index (χ1v) is 13.4. The fraction of sp³-hybridized carbons (Fsp3) is 0.240. The van der Waals surface area contributed by atoms with Gasteiger partial charge < -0.3 is 15.1 Å². The number of primary sulfonamides is 1. The molecule has 2 aromatic carbocycles. The van der Waals surface area contributed by atoms with Gasteiger partial charge in [-0.3, -0.25) is 9.59 Å². The number of nitrogens with two attached hydrogens (primary N) is 1. The lowest BCUT2D eigenvalue weighted by Gasteiger charge is -2.35.